The minimum atomic E-state index is -3.74. The average Bonchev–Trinajstić information content (AvgIpc) is 3.46. The number of esters is 1. The number of halogens is 2. The van der Waals surface area contributed by atoms with E-state index in [1.165, 1.54) is 18.2 Å². The largest absolute Gasteiger partial charge is 0.452 e. The second kappa shape index (κ2) is 8.03. The molecule has 148 valence electrons. The van der Waals surface area contributed by atoms with E-state index in [9.17, 15) is 26.8 Å². The molecule has 1 amide bonds. The summed E-state index contributed by atoms with van der Waals surface area (Å²) < 4.78 is 57.7. The van der Waals surface area contributed by atoms with Crippen molar-refractivity contribution >= 4 is 27.6 Å². The van der Waals surface area contributed by atoms with Crippen molar-refractivity contribution in [2.45, 2.75) is 23.8 Å². The van der Waals surface area contributed by atoms with Crippen LogP contribution in [0, 0.1) is 11.6 Å². The maximum atomic E-state index is 13.1. The number of ether oxygens (including phenoxy) is 1. The first-order valence-corrected chi connectivity index (χ1v) is 9.77. The average molecular weight is 410 g/mol. The van der Waals surface area contributed by atoms with Crippen LogP contribution in [0.2, 0.25) is 0 Å². The highest BCUT2D eigenvalue weighted by Gasteiger charge is 2.28. The van der Waals surface area contributed by atoms with E-state index in [4.69, 9.17) is 4.74 Å². The van der Waals surface area contributed by atoms with Crippen LogP contribution in [0.1, 0.15) is 23.2 Å². The van der Waals surface area contributed by atoms with Gasteiger partial charge in [0.25, 0.3) is 5.91 Å². The number of carbonyl (C=O) groups excluding carboxylic acids is 2. The molecule has 0 bridgehead atoms. The Morgan fingerprint density at radius 1 is 1.07 bits per heavy atom. The number of rotatable bonds is 7. The van der Waals surface area contributed by atoms with Crippen LogP contribution in [0.15, 0.2) is 47.4 Å². The zero-order valence-electron chi connectivity index (χ0n) is 14.4. The van der Waals surface area contributed by atoms with Gasteiger partial charge in [0.2, 0.25) is 10.0 Å². The molecule has 1 saturated carbocycles. The minimum absolute atomic E-state index is 0.000750. The van der Waals surface area contributed by atoms with Crippen molar-refractivity contribution < 1.29 is 31.5 Å². The number of carbonyl (C=O) groups is 2. The number of anilines is 1. The Hall–Kier alpha value is -2.85. The maximum absolute atomic E-state index is 13.1. The number of amides is 1. The molecule has 0 saturated heterocycles. The molecule has 0 atom stereocenters. The third-order valence-corrected chi connectivity index (χ3v) is 5.34. The summed E-state index contributed by atoms with van der Waals surface area (Å²) in [4.78, 5) is 23.8. The first kappa shape index (κ1) is 19.9. The lowest BCUT2D eigenvalue weighted by molar-refractivity contribution is -0.119. The van der Waals surface area contributed by atoms with Crippen LogP contribution >= 0.6 is 0 Å². The van der Waals surface area contributed by atoms with Crippen LogP contribution in [0.5, 0.6) is 0 Å². The second-order valence-electron chi connectivity index (χ2n) is 6.18. The number of nitrogens with one attached hydrogen (secondary N) is 2. The van der Waals surface area contributed by atoms with Gasteiger partial charge in [-0.3, -0.25) is 4.79 Å². The molecular weight excluding hydrogens is 394 g/mol. The van der Waals surface area contributed by atoms with Gasteiger partial charge in [-0.2, -0.15) is 0 Å². The molecular formula is C18H16F2N2O5S. The molecule has 1 fully saturated rings. The Bertz CT molecular complexity index is 1020. The van der Waals surface area contributed by atoms with Gasteiger partial charge in [-0.25, -0.2) is 26.7 Å². The van der Waals surface area contributed by atoms with Gasteiger partial charge < -0.3 is 10.1 Å². The van der Waals surface area contributed by atoms with Crippen molar-refractivity contribution in [3.63, 3.8) is 0 Å². The normalized spacial score (nSPS) is 13.8. The number of sulfonamides is 1. The Kier molecular flexibility index (Phi) is 5.71. The van der Waals surface area contributed by atoms with Crippen LogP contribution in [-0.2, 0) is 19.6 Å². The smallest absolute Gasteiger partial charge is 0.338 e. The highest BCUT2D eigenvalue weighted by atomic mass is 32.2. The molecule has 1 aliphatic carbocycles. The highest BCUT2D eigenvalue weighted by Crippen LogP contribution is 2.22. The zero-order chi connectivity index (χ0) is 20.3. The van der Waals surface area contributed by atoms with Crippen LogP contribution < -0.4 is 10.0 Å². The van der Waals surface area contributed by atoms with Crippen molar-refractivity contribution in [2.75, 3.05) is 11.9 Å². The second-order valence-corrected chi connectivity index (χ2v) is 7.89. The van der Waals surface area contributed by atoms with Crippen molar-refractivity contribution in [3.05, 3.63) is 59.7 Å². The SMILES string of the molecule is O=C(COC(=O)c1cccc(S(=O)(=O)NC2CC2)c1)Nc1ccc(F)c(F)c1. The summed E-state index contributed by atoms with van der Waals surface area (Å²) in [5.74, 6) is -3.86. The van der Waals surface area contributed by atoms with Gasteiger partial charge in [-0.1, -0.05) is 6.07 Å². The fourth-order valence-corrected chi connectivity index (χ4v) is 3.61. The molecule has 2 N–H and O–H groups in total. The van der Waals surface area contributed by atoms with E-state index in [0.29, 0.717) is 0 Å². The van der Waals surface area contributed by atoms with Gasteiger partial charge in [0.15, 0.2) is 18.2 Å². The van der Waals surface area contributed by atoms with Crippen molar-refractivity contribution in [1.82, 2.24) is 4.72 Å². The Morgan fingerprint density at radius 3 is 2.50 bits per heavy atom. The zero-order valence-corrected chi connectivity index (χ0v) is 15.3. The topological polar surface area (TPSA) is 102 Å². The monoisotopic (exact) mass is 410 g/mol. The van der Waals surface area contributed by atoms with Gasteiger partial charge in [0.1, 0.15) is 0 Å². The van der Waals surface area contributed by atoms with E-state index in [-0.39, 0.29) is 22.2 Å². The van der Waals surface area contributed by atoms with Gasteiger partial charge in [-0.15, -0.1) is 0 Å². The molecule has 0 radical (unpaired) electrons. The summed E-state index contributed by atoms with van der Waals surface area (Å²) in [6.45, 7) is -0.685. The molecule has 0 aromatic heterocycles. The lowest BCUT2D eigenvalue weighted by Crippen LogP contribution is -2.26. The molecule has 0 aliphatic heterocycles. The summed E-state index contributed by atoms with van der Waals surface area (Å²) >= 11 is 0. The predicted molar refractivity (Wildman–Crippen MR) is 95.1 cm³/mol. The van der Waals surface area contributed by atoms with E-state index < -0.39 is 40.1 Å². The summed E-state index contributed by atoms with van der Waals surface area (Å²) in [6.07, 6.45) is 1.54. The van der Waals surface area contributed by atoms with Gasteiger partial charge in [-0.05, 0) is 43.2 Å². The lowest BCUT2D eigenvalue weighted by Gasteiger charge is -2.09. The van der Waals surface area contributed by atoms with Crippen LogP contribution in [0.3, 0.4) is 0 Å². The summed E-state index contributed by atoms with van der Waals surface area (Å²) in [6, 6.07) is 7.94. The number of benzene rings is 2. The molecule has 0 unspecified atom stereocenters. The predicted octanol–water partition coefficient (Wildman–Crippen LogP) is 2.20. The van der Waals surface area contributed by atoms with E-state index in [1.807, 2.05) is 0 Å². The van der Waals surface area contributed by atoms with Gasteiger partial charge in [0, 0.05) is 17.8 Å². The molecule has 2 aromatic carbocycles. The van der Waals surface area contributed by atoms with Crippen molar-refractivity contribution in [3.8, 4) is 0 Å². The first-order chi connectivity index (χ1) is 13.2. The lowest BCUT2D eigenvalue weighted by atomic mass is 10.2. The van der Waals surface area contributed by atoms with Gasteiger partial charge in [0.05, 0.1) is 10.5 Å². The van der Waals surface area contributed by atoms with Crippen molar-refractivity contribution in [1.29, 1.82) is 0 Å². The Labute approximate surface area is 159 Å². The third kappa shape index (κ3) is 5.11. The minimum Gasteiger partial charge on any atom is -0.452 e. The van der Waals surface area contributed by atoms with E-state index in [2.05, 4.69) is 10.0 Å². The van der Waals surface area contributed by atoms with Gasteiger partial charge >= 0.3 is 5.97 Å². The molecule has 7 nitrogen and oxygen atoms in total. The van der Waals surface area contributed by atoms with Crippen LogP contribution in [-0.4, -0.2) is 32.9 Å². The summed E-state index contributed by atoms with van der Waals surface area (Å²) in [5.41, 5.74) is -0.0431. The molecule has 0 spiro atoms. The molecule has 2 aromatic rings. The van der Waals surface area contributed by atoms with E-state index in [1.54, 1.807) is 0 Å². The fraction of sp³-hybridized carbons (Fsp3) is 0.222. The van der Waals surface area contributed by atoms with Crippen LogP contribution in [0.4, 0.5) is 14.5 Å². The summed E-state index contributed by atoms with van der Waals surface area (Å²) in [7, 11) is -3.74. The highest BCUT2D eigenvalue weighted by molar-refractivity contribution is 7.89. The molecule has 3 rings (SSSR count). The van der Waals surface area contributed by atoms with E-state index >= 15 is 0 Å². The third-order valence-electron chi connectivity index (χ3n) is 3.82. The van der Waals surface area contributed by atoms with Crippen LogP contribution in [0.25, 0.3) is 0 Å². The molecule has 0 heterocycles. The molecule has 10 heteroatoms. The number of hydrogen-bond donors (Lipinski definition) is 2. The summed E-state index contributed by atoms with van der Waals surface area (Å²) in [5, 5.41) is 2.25. The Balaban J connectivity index is 1.59. The molecule has 1 aliphatic rings. The Morgan fingerprint density at radius 2 is 1.82 bits per heavy atom. The first-order valence-electron chi connectivity index (χ1n) is 8.29. The van der Waals surface area contributed by atoms with Crippen molar-refractivity contribution in [2.24, 2.45) is 0 Å². The standard InChI is InChI=1S/C18H16F2N2O5S/c19-15-7-6-13(9-16(15)20)21-17(23)10-27-18(24)11-2-1-3-14(8-11)28(25,26)22-12-4-5-12/h1-3,6-9,12,22H,4-5,10H2,(H,21,23). The maximum Gasteiger partial charge on any atom is 0.338 e. The quantitative estimate of drug-likeness (QED) is 0.682. The molecule has 28 heavy (non-hydrogen) atoms. The van der Waals surface area contributed by atoms with E-state index in [0.717, 1.165) is 37.1 Å². The number of hydrogen-bond acceptors (Lipinski definition) is 5. The fourth-order valence-electron chi connectivity index (χ4n) is 2.26.